The van der Waals surface area contributed by atoms with Gasteiger partial charge in [0.1, 0.15) is 11.5 Å². The summed E-state index contributed by atoms with van der Waals surface area (Å²) in [5.41, 5.74) is 2.28. The summed E-state index contributed by atoms with van der Waals surface area (Å²) in [5.74, 6) is 1.24. The zero-order valence-corrected chi connectivity index (χ0v) is 16.4. The maximum atomic E-state index is 12.7. The average Bonchev–Trinajstić information content (AvgIpc) is 3.03. The van der Waals surface area contributed by atoms with Crippen LogP contribution in [0, 0.1) is 6.92 Å². The Kier molecular flexibility index (Phi) is 5.13. The van der Waals surface area contributed by atoms with Gasteiger partial charge in [0.25, 0.3) is 0 Å². The van der Waals surface area contributed by atoms with Crippen molar-refractivity contribution in [1.82, 2.24) is 14.8 Å². The summed E-state index contributed by atoms with van der Waals surface area (Å²) in [6, 6.07) is 17.4. The van der Waals surface area contributed by atoms with Gasteiger partial charge in [-0.2, -0.15) is 5.10 Å². The van der Waals surface area contributed by atoms with Crippen LogP contribution in [-0.2, 0) is 11.8 Å². The maximum absolute atomic E-state index is 12.7. The quantitative estimate of drug-likeness (QED) is 0.505. The lowest BCUT2D eigenvalue weighted by Crippen LogP contribution is -2.33. The highest BCUT2D eigenvalue weighted by atomic mass is 16.5. The van der Waals surface area contributed by atoms with Crippen LogP contribution in [0.3, 0.4) is 0 Å². The monoisotopic (exact) mass is 401 g/mol. The Morgan fingerprint density at radius 1 is 1.10 bits per heavy atom. The molecule has 0 aliphatic heterocycles. The minimum absolute atomic E-state index is 0.350. The van der Waals surface area contributed by atoms with E-state index in [1.807, 2.05) is 37.3 Å². The number of para-hydroxylation sites is 1. The molecule has 8 heteroatoms. The number of urea groups is 1. The van der Waals surface area contributed by atoms with Gasteiger partial charge >= 0.3 is 6.03 Å². The smallest absolute Gasteiger partial charge is 0.333 e. The first-order chi connectivity index (χ1) is 14.5. The summed E-state index contributed by atoms with van der Waals surface area (Å²) in [5, 5.41) is 7.79. The van der Waals surface area contributed by atoms with E-state index < -0.39 is 6.03 Å². The molecule has 4 aromatic rings. The van der Waals surface area contributed by atoms with Crippen LogP contribution in [0.1, 0.15) is 5.69 Å². The van der Waals surface area contributed by atoms with E-state index >= 15 is 0 Å². The number of carbonyl (C=O) groups excluding carboxylic acids is 2. The van der Waals surface area contributed by atoms with E-state index in [0.29, 0.717) is 34.9 Å². The Bertz CT molecular complexity index is 1220. The van der Waals surface area contributed by atoms with Crippen LogP contribution >= 0.6 is 0 Å². The molecule has 0 saturated carbocycles. The number of amides is 3. The van der Waals surface area contributed by atoms with Crippen LogP contribution in [0.15, 0.2) is 66.9 Å². The molecule has 0 radical (unpaired) electrons. The summed E-state index contributed by atoms with van der Waals surface area (Å²) in [6.07, 6.45) is 1.92. The van der Waals surface area contributed by atoms with Crippen molar-refractivity contribution in [2.24, 2.45) is 7.05 Å². The number of aromatic nitrogens is 3. The number of imide groups is 1. The molecule has 30 heavy (non-hydrogen) atoms. The predicted octanol–water partition coefficient (Wildman–Crippen LogP) is 4.26. The second kappa shape index (κ2) is 8.04. The van der Waals surface area contributed by atoms with E-state index in [2.05, 4.69) is 15.4 Å². The first-order valence-corrected chi connectivity index (χ1v) is 9.23. The third kappa shape index (κ3) is 3.83. The summed E-state index contributed by atoms with van der Waals surface area (Å²) in [7, 11) is 1.79. The van der Waals surface area contributed by atoms with Crippen molar-refractivity contribution < 1.29 is 14.3 Å². The molecule has 0 aliphatic rings. The molecule has 0 unspecified atom stereocenters. The molecule has 1 N–H and O–H groups in total. The molecule has 0 spiro atoms. The lowest BCUT2D eigenvalue weighted by Gasteiger charge is -2.16. The molecule has 8 nitrogen and oxygen atoms in total. The highest BCUT2D eigenvalue weighted by molar-refractivity contribution is 6.12. The van der Waals surface area contributed by atoms with Gasteiger partial charge in [-0.25, -0.2) is 14.7 Å². The summed E-state index contributed by atoms with van der Waals surface area (Å²) >= 11 is 0. The number of hydrogen-bond acceptors (Lipinski definition) is 5. The van der Waals surface area contributed by atoms with Crippen molar-refractivity contribution in [3.8, 4) is 11.5 Å². The van der Waals surface area contributed by atoms with Gasteiger partial charge in [0, 0.05) is 24.2 Å². The molecule has 3 amide bonds. The van der Waals surface area contributed by atoms with Crippen molar-refractivity contribution in [2.75, 3.05) is 10.2 Å². The molecular formula is C22H19N5O3. The van der Waals surface area contributed by atoms with E-state index in [4.69, 9.17) is 4.74 Å². The van der Waals surface area contributed by atoms with E-state index in [9.17, 15) is 9.59 Å². The normalized spacial score (nSPS) is 10.6. The fraction of sp³-hybridized carbons (Fsp3) is 0.0909. The van der Waals surface area contributed by atoms with Crippen LogP contribution in [0.2, 0.25) is 0 Å². The second-order valence-electron chi connectivity index (χ2n) is 6.62. The summed E-state index contributed by atoms with van der Waals surface area (Å²) in [4.78, 5) is 29.7. The van der Waals surface area contributed by atoms with E-state index in [1.165, 1.54) is 6.20 Å². The SMILES string of the molecule is Cc1nn(C)c2ncc(N(C=O)C(=O)Nc3cccc(Oc4ccccc4)c3)cc12. The molecule has 2 heterocycles. The fourth-order valence-corrected chi connectivity index (χ4v) is 3.10. The Morgan fingerprint density at radius 3 is 2.63 bits per heavy atom. The lowest BCUT2D eigenvalue weighted by atomic mass is 10.2. The van der Waals surface area contributed by atoms with Gasteiger partial charge in [-0.1, -0.05) is 24.3 Å². The van der Waals surface area contributed by atoms with Gasteiger partial charge in [0.15, 0.2) is 5.65 Å². The Hall–Kier alpha value is -4.20. The third-order valence-electron chi connectivity index (χ3n) is 4.52. The molecule has 150 valence electrons. The molecule has 2 aromatic carbocycles. The largest absolute Gasteiger partial charge is 0.457 e. The first kappa shape index (κ1) is 19.1. The number of ether oxygens (including phenoxy) is 1. The summed E-state index contributed by atoms with van der Waals surface area (Å²) < 4.78 is 7.43. The number of pyridine rings is 1. The van der Waals surface area contributed by atoms with E-state index in [0.717, 1.165) is 16.0 Å². The van der Waals surface area contributed by atoms with Crippen LogP contribution in [0.4, 0.5) is 16.2 Å². The number of aryl methyl sites for hydroxylation is 2. The van der Waals surface area contributed by atoms with Gasteiger partial charge in [-0.3, -0.25) is 9.48 Å². The standard InChI is InChI=1S/C22H19N5O3/c1-15-20-12-17(13-23-21(20)26(2)25-15)27(14-28)22(29)24-16-7-6-10-19(11-16)30-18-8-4-3-5-9-18/h3-14H,1-2H3,(H,24,29). The minimum Gasteiger partial charge on any atom is -0.457 e. The van der Waals surface area contributed by atoms with Crippen LogP contribution in [-0.4, -0.2) is 27.2 Å². The van der Waals surface area contributed by atoms with Crippen molar-refractivity contribution in [3.63, 3.8) is 0 Å². The van der Waals surface area contributed by atoms with Crippen molar-refractivity contribution >= 4 is 34.8 Å². The topological polar surface area (TPSA) is 89.4 Å². The molecule has 0 bridgehead atoms. The maximum Gasteiger partial charge on any atom is 0.333 e. The van der Waals surface area contributed by atoms with Crippen LogP contribution in [0.25, 0.3) is 11.0 Å². The Balaban J connectivity index is 1.54. The summed E-state index contributed by atoms with van der Waals surface area (Å²) in [6.45, 7) is 1.84. The molecule has 2 aromatic heterocycles. The average molecular weight is 401 g/mol. The van der Waals surface area contributed by atoms with E-state index in [1.54, 1.807) is 42.1 Å². The molecule has 0 atom stereocenters. The van der Waals surface area contributed by atoms with Crippen molar-refractivity contribution in [1.29, 1.82) is 0 Å². The molecule has 0 aliphatic carbocycles. The third-order valence-corrected chi connectivity index (χ3v) is 4.52. The molecule has 0 saturated heterocycles. The van der Waals surface area contributed by atoms with Gasteiger partial charge in [-0.05, 0) is 37.3 Å². The first-order valence-electron chi connectivity index (χ1n) is 9.23. The number of nitrogens with one attached hydrogen (secondary N) is 1. The zero-order valence-electron chi connectivity index (χ0n) is 16.4. The second-order valence-corrected chi connectivity index (χ2v) is 6.62. The Morgan fingerprint density at radius 2 is 1.87 bits per heavy atom. The van der Waals surface area contributed by atoms with Crippen LogP contribution < -0.4 is 15.0 Å². The van der Waals surface area contributed by atoms with Crippen molar-refractivity contribution in [3.05, 3.63) is 72.6 Å². The number of fused-ring (bicyclic) bond motifs is 1. The van der Waals surface area contributed by atoms with Gasteiger partial charge < -0.3 is 10.1 Å². The number of hydrogen-bond donors (Lipinski definition) is 1. The zero-order chi connectivity index (χ0) is 21.1. The van der Waals surface area contributed by atoms with Gasteiger partial charge in [0.2, 0.25) is 6.41 Å². The minimum atomic E-state index is -0.607. The number of rotatable bonds is 5. The van der Waals surface area contributed by atoms with E-state index in [-0.39, 0.29) is 0 Å². The molecule has 4 rings (SSSR count). The highest BCUT2D eigenvalue weighted by Gasteiger charge is 2.18. The molecular weight excluding hydrogens is 382 g/mol. The van der Waals surface area contributed by atoms with Crippen LogP contribution in [0.5, 0.6) is 11.5 Å². The number of anilines is 2. The Labute approximate surface area is 172 Å². The molecule has 0 fully saturated rings. The number of carbonyl (C=O) groups is 2. The number of benzene rings is 2. The van der Waals surface area contributed by atoms with Crippen molar-refractivity contribution in [2.45, 2.75) is 6.92 Å². The fourth-order valence-electron chi connectivity index (χ4n) is 3.10. The predicted molar refractivity (Wildman–Crippen MR) is 114 cm³/mol. The number of nitrogens with zero attached hydrogens (tertiary/aromatic N) is 4. The highest BCUT2D eigenvalue weighted by Crippen LogP contribution is 2.25. The van der Waals surface area contributed by atoms with Gasteiger partial charge in [0.05, 0.1) is 17.6 Å². The lowest BCUT2D eigenvalue weighted by molar-refractivity contribution is -0.106. The van der Waals surface area contributed by atoms with Gasteiger partial charge in [-0.15, -0.1) is 0 Å².